The highest BCUT2D eigenvalue weighted by molar-refractivity contribution is 7.20. The van der Waals surface area contributed by atoms with Crippen LogP contribution in [-0.2, 0) is 6.42 Å². The highest BCUT2D eigenvalue weighted by atomic mass is 32.1. The number of benzene rings is 2. The molecule has 2 heterocycles. The maximum Gasteiger partial charge on any atom is 0.282 e. The fourth-order valence-corrected chi connectivity index (χ4v) is 4.06. The lowest BCUT2D eigenvalue weighted by atomic mass is 10.1. The fraction of sp³-hybridized carbons (Fsp3) is 0.190. The van der Waals surface area contributed by atoms with Crippen LogP contribution in [0.3, 0.4) is 0 Å². The summed E-state index contributed by atoms with van der Waals surface area (Å²) in [6, 6.07) is 18.1. The lowest BCUT2D eigenvalue weighted by Crippen LogP contribution is -2.19. The summed E-state index contributed by atoms with van der Waals surface area (Å²) in [6.45, 7) is 4.45. The van der Waals surface area contributed by atoms with Gasteiger partial charge in [0.05, 0.1) is 15.8 Å². The van der Waals surface area contributed by atoms with Crippen LogP contribution in [0.2, 0.25) is 0 Å². The van der Waals surface area contributed by atoms with Gasteiger partial charge in [0.2, 0.25) is 5.13 Å². The standard InChI is InChI=1S/C21H20N4OS/c1-14(22-13-12-16-8-4-3-5-9-16)19-15(2)24-25(20(19)26)21-23-17-10-6-7-11-18(17)27-21/h3-11,24H,12-13H2,1-2H3. The number of aromatic nitrogens is 3. The first-order valence-corrected chi connectivity index (χ1v) is 9.68. The Hall–Kier alpha value is -2.99. The third-order valence-electron chi connectivity index (χ3n) is 4.50. The molecule has 0 atom stereocenters. The van der Waals surface area contributed by atoms with E-state index in [4.69, 9.17) is 0 Å². The Morgan fingerprint density at radius 3 is 2.67 bits per heavy atom. The summed E-state index contributed by atoms with van der Waals surface area (Å²) in [6.07, 6.45) is 0.855. The van der Waals surface area contributed by atoms with Gasteiger partial charge in [-0.2, -0.15) is 4.68 Å². The predicted octanol–water partition coefficient (Wildman–Crippen LogP) is 4.14. The van der Waals surface area contributed by atoms with Gasteiger partial charge in [0.1, 0.15) is 0 Å². The zero-order valence-corrected chi connectivity index (χ0v) is 16.1. The number of rotatable bonds is 5. The van der Waals surface area contributed by atoms with E-state index in [0.717, 1.165) is 28.0 Å². The molecule has 0 aliphatic carbocycles. The van der Waals surface area contributed by atoms with Crippen LogP contribution in [0.15, 0.2) is 64.4 Å². The second-order valence-corrected chi connectivity index (χ2v) is 7.43. The molecule has 0 aliphatic rings. The Morgan fingerprint density at radius 2 is 1.89 bits per heavy atom. The van der Waals surface area contributed by atoms with E-state index in [2.05, 4.69) is 27.2 Å². The van der Waals surface area contributed by atoms with Gasteiger partial charge in [-0.1, -0.05) is 53.8 Å². The van der Waals surface area contributed by atoms with Gasteiger partial charge in [-0.05, 0) is 38.0 Å². The van der Waals surface area contributed by atoms with Crippen molar-refractivity contribution in [2.24, 2.45) is 4.99 Å². The summed E-state index contributed by atoms with van der Waals surface area (Å²) >= 11 is 1.49. The minimum absolute atomic E-state index is 0.104. The number of nitrogens with zero attached hydrogens (tertiary/aromatic N) is 3. The van der Waals surface area contributed by atoms with E-state index in [-0.39, 0.29) is 5.56 Å². The summed E-state index contributed by atoms with van der Waals surface area (Å²) in [4.78, 5) is 22.2. The number of aliphatic imine (C=N–C) groups is 1. The van der Waals surface area contributed by atoms with Gasteiger partial charge in [0, 0.05) is 18.0 Å². The SMILES string of the molecule is CC(=NCCc1ccccc1)c1c(C)[nH]n(-c2nc3ccccc3s2)c1=O. The first-order valence-electron chi connectivity index (χ1n) is 8.86. The first kappa shape index (κ1) is 17.4. The highest BCUT2D eigenvalue weighted by Gasteiger charge is 2.17. The minimum Gasteiger partial charge on any atom is -0.293 e. The number of hydrogen-bond donors (Lipinski definition) is 1. The molecule has 0 saturated carbocycles. The molecule has 0 aliphatic heterocycles. The molecule has 0 saturated heterocycles. The number of aryl methyl sites for hydroxylation is 1. The number of para-hydroxylation sites is 1. The van der Waals surface area contributed by atoms with Crippen LogP contribution in [0.5, 0.6) is 0 Å². The largest absolute Gasteiger partial charge is 0.293 e. The lowest BCUT2D eigenvalue weighted by molar-refractivity contribution is 0.829. The summed E-state index contributed by atoms with van der Waals surface area (Å²) in [5.41, 5.74) is 4.22. The zero-order chi connectivity index (χ0) is 18.8. The monoisotopic (exact) mass is 376 g/mol. The third-order valence-corrected chi connectivity index (χ3v) is 5.52. The minimum atomic E-state index is -0.104. The molecule has 0 fully saturated rings. The van der Waals surface area contributed by atoms with Gasteiger partial charge < -0.3 is 0 Å². The summed E-state index contributed by atoms with van der Waals surface area (Å²) < 4.78 is 2.58. The van der Waals surface area contributed by atoms with E-state index in [1.807, 2.05) is 56.3 Å². The van der Waals surface area contributed by atoms with Gasteiger partial charge in [0.15, 0.2) is 0 Å². The quantitative estimate of drug-likeness (QED) is 0.532. The molecule has 0 bridgehead atoms. The number of aromatic amines is 1. The summed E-state index contributed by atoms with van der Waals surface area (Å²) in [7, 11) is 0. The molecule has 5 nitrogen and oxygen atoms in total. The van der Waals surface area contributed by atoms with Crippen LogP contribution in [-0.4, -0.2) is 27.0 Å². The highest BCUT2D eigenvalue weighted by Crippen LogP contribution is 2.23. The van der Waals surface area contributed by atoms with Gasteiger partial charge in [-0.3, -0.25) is 14.9 Å². The van der Waals surface area contributed by atoms with E-state index in [0.29, 0.717) is 17.2 Å². The fourth-order valence-electron chi connectivity index (χ4n) is 3.14. The predicted molar refractivity (Wildman–Crippen MR) is 112 cm³/mol. The van der Waals surface area contributed by atoms with E-state index in [1.54, 1.807) is 0 Å². The molecule has 0 unspecified atom stereocenters. The molecule has 4 aromatic rings. The summed E-state index contributed by atoms with van der Waals surface area (Å²) in [5.74, 6) is 0. The molecule has 0 amide bonds. The van der Waals surface area contributed by atoms with Crippen molar-refractivity contribution in [3.8, 4) is 5.13 Å². The average molecular weight is 376 g/mol. The molecule has 1 N–H and O–H groups in total. The van der Waals surface area contributed by atoms with Crippen molar-refractivity contribution in [3.63, 3.8) is 0 Å². The van der Waals surface area contributed by atoms with Gasteiger partial charge in [-0.25, -0.2) is 4.98 Å². The van der Waals surface area contributed by atoms with Gasteiger partial charge >= 0.3 is 0 Å². The van der Waals surface area contributed by atoms with Crippen LogP contribution >= 0.6 is 11.3 Å². The van der Waals surface area contributed by atoms with Crippen LogP contribution in [0.1, 0.15) is 23.7 Å². The normalized spacial score (nSPS) is 12.0. The number of fused-ring (bicyclic) bond motifs is 1. The van der Waals surface area contributed by atoms with Crippen LogP contribution in [0, 0.1) is 6.92 Å². The number of nitrogens with one attached hydrogen (secondary N) is 1. The molecule has 136 valence electrons. The Morgan fingerprint density at radius 1 is 1.15 bits per heavy atom. The van der Waals surface area contributed by atoms with Crippen LogP contribution < -0.4 is 5.56 Å². The number of thiazole rings is 1. The van der Waals surface area contributed by atoms with E-state index >= 15 is 0 Å². The van der Waals surface area contributed by atoms with E-state index in [9.17, 15) is 4.79 Å². The van der Waals surface area contributed by atoms with Crippen molar-refractivity contribution < 1.29 is 0 Å². The van der Waals surface area contributed by atoms with Crippen molar-refractivity contribution in [1.82, 2.24) is 14.8 Å². The Bertz CT molecular complexity index is 1130. The topological polar surface area (TPSA) is 63.0 Å². The lowest BCUT2D eigenvalue weighted by Gasteiger charge is -2.00. The second-order valence-electron chi connectivity index (χ2n) is 6.42. The molecule has 0 spiro atoms. The van der Waals surface area contributed by atoms with Gasteiger partial charge in [-0.15, -0.1) is 0 Å². The third kappa shape index (κ3) is 3.48. The number of hydrogen-bond acceptors (Lipinski definition) is 4. The Labute approximate surface area is 161 Å². The van der Waals surface area contributed by atoms with Crippen molar-refractivity contribution in [3.05, 3.63) is 81.8 Å². The Kier molecular flexibility index (Phi) is 4.73. The van der Waals surface area contributed by atoms with Crippen LogP contribution in [0.4, 0.5) is 0 Å². The first-order chi connectivity index (χ1) is 13.1. The van der Waals surface area contributed by atoms with E-state index in [1.165, 1.54) is 21.6 Å². The zero-order valence-electron chi connectivity index (χ0n) is 15.3. The number of H-pyrrole nitrogens is 1. The Balaban J connectivity index is 1.62. The molecule has 2 aromatic carbocycles. The molecular weight excluding hydrogens is 356 g/mol. The molecule has 0 radical (unpaired) electrons. The molecular formula is C21H20N4OS. The average Bonchev–Trinajstić information content (AvgIpc) is 3.23. The second kappa shape index (κ2) is 7.32. The van der Waals surface area contributed by atoms with Gasteiger partial charge in [0.25, 0.3) is 5.56 Å². The van der Waals surface area contributed by atoms with Crippen molar-refractivity contribution in [2.45, 2.75) is 20.3 Å². The molecule has 4 rings (SSSR count). The molecule has 6 heteroatoms. The molecule has 27 heavy (non-hydrogen) atoms. The van der Waals surface area contributed by atoms with E-state index < -0.39 is 0 Å². The van der Waals surface area contributed by atoms with Crippen molar-refractivity contribution in [2.75, 3.05) is 6.54 Å². The smallest absolute Gasteiger partial charge is 0.282 e. The molecule has 2 aromatic heterocycles. The van der Waals surface area contributed by atoms with Crippen molar-refractivity contribution in [1.29, 1.82) is 0 Å². The summed E-state index contributed by atoms with van der Waals surface area (Å²) in [5, 5.41) is 3.80. The van der Waals surface area contributed by atoms with Crippen molar-refractivity contribution >= 4 is 27.3 Å². The maximum atomic E-state index is 13.0. The van der Waals surface area contributed by atoms with Crippen LogP contribution in [0.25, 0.3) is 15.3 Å². The maximum absolute atomic E-state index is 13.0.